The van der Waals surface area contributed by atoms with Crippen molar-refractivity contribution < 1.29 is 13.2 Å². The number of hydrogen-bond acceptors (Lipinski definition) is 4. The van der Waals surface area contributed by atoms with Crippen LogP contribution < -0.4 is 10.9 Å². The van der Waals surface area contributed by atoms with Crippen molar-refractivity contribution in [3.8, 4) is 0 Å². The summed E-state index contributed by atoms with van der Waals surface area (Å²) in [5.41, 5.74) is 7.99. The van der Waals surface area contributed by atoms with Crippen LogP contribution in [0.3, 0.4) is 0 Å². The van der Waals surface area contributed by atoms with E-state index in [1.54, 1.807) is 12.1 Å². The summed E-state index contributed by atoms with van der Waals surface area (Å²) < 4.78 is 22.8. The minimum absolute atomic E-state index is 0.115. The van der Waals surface area contributed by atoms with Gasteiger partial charge in [0.1, 0.15) is 0 Å². The molecule has 0 fully saturated rings. The van der Waals surface area contributed by atoms with Gasteiger partial charge in [0.2, 0.25) is 15.9 Å². The van der Waals surface area contributed by atoms with E-state index in [9.17, 15) is 13.2 Å². The van der Waals surface area contributed by atoms with Crippen LogP contribution >= 0.6 is 0 Å². The van der Waals surface area contributed by atoms with Gasteiger partial charge in [-0.1, -0.05) is 72.8 Å². The maximum atomic E-state index is 12.9. The number of likely N-dealkylation sites (N-methyl/N-ethyl adjacent to an activating group) is 1. The molecule has 33 heavy (non-hydrogen) atoms. The van der Waals surface area contributed by atoms with E-state index in [2.05, 4.69) is 4.90 Å². The molecule has 0 aromatic heterocycles. The first kappa shape index (κ1) is 24.6. The van der Waals surface area contributed by atoms with Crippen LogP contribution in [0.5, 0.6) is 0 Å². The highest BCUT2D eigenvalue weighted by Crippen LogP contribution is 2.36. The number of nitrogens with two attached hydrogens (primary N) is 2. The van der Waals surface area contributed by atoms with E-state index >= 15 is 0 Å². The molecular weight excluding hydrogens is 434 g/mol. The fourth-order valence-corrected chi connectivity index (χ4v) is 4.72. The molecule has 7 heteroatoms. The first-order valence-corrected chi connectivity index (χ1v) is 12.5. The molecule has 0 aliphatic carbocycles. The Kier molecular flexibility index (Phi) is 8.02. The average molecular weight is 466 g/mol. The maximum Gasteiger partial charge on any atom is 0.238 e. The summed E-state index contributed by atoms with van der Waals surface area (Å²) in [5, 5.41) is 5.16. The van der Waals surface area contributed by atoms with Gasteiger partial charge >= 0.3 is 0 Å². The molecule has 0 bridgehead atoms. The molecule has 3 rings (SSSR count). The third kappa shape index (κ3) is 6.07. The number of primary amides is 1. The Morgan fingerprint density at radius 2 is 1.36 bits per heavy atom. The lowest BCUT2D eigenvalue weighted by molar-refractivity contribution is -0.122. The zero-order chi connectivity index (χ0) is 23.9. The minimum atomic E-state index is -3.68. The number of primary sulfonamides is 1. The lowest BCUT2D eigenvalue weighted by Gasteiger charge is -2.32. The summed E-state index contributed by atoms with van der Waals surface area (Å²) in [4.78, 5) is 15.2. The van der Waals surface area contributed by atoms with E-state index in [1.807, 2.05) is 67.7 Å². The topological polar surface area (TPSA) is 106 Å². The molecule has 0 aliphatic rings. The molecule has 174 valence electrons. The summed E-state index contributed by atoms with van der Waals surface area (Å²) in [6.07, 6.45) is 2.16. The first-order valence-electron chi connectivity index (χ1n) is 10.9. The second kappa shape index (κ2) is 10.7. The third-order valence-electron chi connectivity index (χ3n) is 6.08. The molecule has 4 N–H and O–H groups in total. The zero-order valence-corrected chi connectivity index (χ0v) is 19.7. The zero-order valence-electron chi connectivity index (χ0n) is 18.9. The van der Waals surface area contributed by atoms with Crippen molar-refractivity contribution in [2.45, 2.75) is 29.6 Å². The van der Waals surface area contributed by atoms with Crippen LogP contribution in [-0.4, -0.2) is 39.4 Å². The molecule has 0 radical (unpaired) electrons. The van der Waals surface area contributed by atoms with Crippen LogP contribution in [-0.2, 0) is 26.7 Å². The van der Waals surface area contributed by atoms with Gasteiger partial charge in [-0.05, 0) is 61.7 Å². The van der Waals surface area contributed by atoms with E-state index in [1.165, 1.54) is 12.1 Å². The van der Waals surface area contributed by atoms with Gasteiger partial charge in [-0.2, -0.15) is 0 Å². The lowest BCUT2D eigenvalue weighted by Crippen LogP contribution is -2.43. The normalized spacial score (nSPS) is 12.1. The highest BCUT2D eigenvalue weighted by atomic mass is 32.2. The summed E-state index contributed by atoms with van der Waals surface area (Å²) in [7, 11) is -1.64. The summed E-state index contributed by atoms with van der Waals surface area (Å²) in [6, 6.07) is 26.1. The van der Waals surface area contributed by atoms with Crippen molar-refractivity contribution in [2.75, 3.05) is 20.1 Å². The molecule has 3 aromatic rings. The van der Waals surface area contributed by atoms with Gasteiger partial charge in [-0.25, -0.2) is 13.6 Å². The highest BCUT2D eigenvalue weighted by molar-refractivity contribution is 7.89. The van der Waals surface area contributed by atoms with Gasteiger partial charge in [0.15, 0.2) is 0 Å². The SMILES string of the molecule is CN(CCCC(C(N)=O)(c1ccccc1)c1ccccc1)CCc1ccc(S(N)(=O)=O)cc1. The van der Waals surface area contributed by atoms with Gasteiger partial charge in [-0.3, -0.25) is 4.79 Å². The van der Waals surface area contributed by atoms with E-state index in [0.717, 1.165) is 42.6 Å². The van der Waals surface area contributed by atoms with Crippen LogP contribution in [0.15, 0.2) is 89.8 Å². The summed E-state index contributed by atoms with van der Waals surface area (Å²) in [5.74, 6) is -0.350. The highest BCUT2D eigenvalue weighted by Gasteiger charge is 2.39. The number of nitrogens with zero attached hydrogens (tertiary/aromatic N) is 1. The van der Waals surface area contributed by atoms with Crippen LogP contribution in [0.2, 0.25) is 0 Å². The number of sulfonamides is 1. The minimum Gasteiger partial charge on any atom is -0.369 e. The molecular formula is C26H31N3O3S. The largest absolute Gasteiger partial charge is 0.369 e. The number of amides is 1. The van der Waals surface area contributed by atoms with Crippen molar-refractivity contribution in [3.63, 3.8) is 0 Å². The number of carbonyl (C=O) groups is 1. The second-order valence-corrected chi connectivity index (χ2v) is 9.91. The van der Waals surface area contributed by atoms with Crippen LogP contribution in [0.1, 0.15) is 29.5 Å². The number of benzene rings is 3. The Bertz CT molecular complexity index is 1110. The predicted molar refractivity (Wildman–Crippen MR) is 131 cm³/mol. The average Bonchev–Trinajstić information content (AvgIpc) is 2.81. The van der Waals surface area contributed by atoms with E-state index < -0.39 is 15.4 Å². The van der Waals surface area contributed by atoms with Gasteiger partial charge in [0, 0.05) is 6.54 Å². The predicted octanol–water partition coefficient (Wildman–Crippen LogP) is 3.06. The Morgan fingerprint density at radius 1 is 0.848 bits per heavy atom. The number of hydrogen-bond donors (Lipinski definition) is 2. The Morgan fingerprint density at radius 3 is 1.82 bits per heavy atom. The maximum absolute atomic E-state index is 12.9. The van der Waals surface area contributed by atoms with Crippen molar-refractivity contribution in [3.05, 3.63) is 102 Å². The second-order valence-electron chi connectivity index (χ2n) is 8.35. The molecule has 0 saturated heterocycles. The Labute approximate surface area is 196 Å². The van der Waals surface area contributed by atoms with Crippen LogP contribution in [0, 0.1) is 0 Å². The van der Waals surface area contributed by atoms with Crippen LogP contribution in [0.25, 0.3) is 0 Å². The molecule has 3 aromatic carbocycles. The van der Waals surface area contributed by atoms with Crippen molar-refractivity contribution >= 4 is 15.9 Å². The number of carbonyl (C=O) groups excluding carboxylic acids is 1. The van der Waals surface area contributed by atoms with E-state index in [-0.39, 0.29) is 10.8 Å². The molecule has 0 heterocycles. The quantitative estimate of drug-likeness (QED) is 0.454. The molecule has 0 aliphatic heterocycles. The van der Waals surface area contributed by atoms with Gasteiger partial charge in [0.25, 0.3) is 0 Å². The van der Waals surface area contributed by atoms with Crippen LogP contribution in [0.4, 0.5) is 0 Å². The van der Waals surface area contributed by atoms with E-state index in [4.69, 9.17) is 10.9 Å². The monoisotopic (exact) mass is 465 g/mol. The fraction of sp³-hybridized carbons (Fsp3) is 0.269. The summed E-state index contributed by atoms with van der Waals surface area (Å²) >= 11 is 0. The molecule has 0 atom stereocenters. The standard InChI is InChI=1S/C26H31N3O3S/c1-29(20-17-21-13-15-24(16-14-21)33(28,31)32)19-8-18-26(25(27)30,22-9-4-2-5-10-22)23-11-6-3-7-12-23/h2-7,9-16H,8,17-20H2,1H3,(H2,27,30)(H2,28,31,32). The smallest absolute Gasteiger partial charge is 0.238 e. The Balaban J connectivity index is 1.66. The van der Waals surface area contributed by atoms with Crippen molar-refractivity contribution in [1.29, 1.82) is 0 Å². The first-order chi connectivity index (χ1) is 15.7. The van der Waals surface area contributed by atoms with Gasteiger partial charge in [0.05, 0.1) is 10.3 Å². The Hall–Kier alpha value is -3.00. The number of rotatable bonds is 11. The van der Waals surface area contributed by atoms with Gasteiger partial charge < -0.3 is 10.6 Å². The summed E-state index contributed by atoms with van der Waals surface area (Å²) in [6.45, 7) is 1.60. The molecule has 0 spiro atoms. The lowest BCUT2D eigenvalue weighted by atomic mass is 9.70. The van der Waals surface area contributed by atoms with Gasteiger partial charge in [-0.15, -0.1) is 0 Å². The third-order valence-corrected chi connectivity index (χ3v) is 7.01. The van der Waals surface area contributed by atoms with Crippen molar-refractivity contribution in [2.24, 2.45) is 10.9 Å². The molecule has 0 saturated carbocycles. The molecule has 1 amide bonds. The fourth-order valence-electron chi connectivity index (χ4n) is 4.20. The van der Waals surface area contributed by atoms with E-state index in [0.29, 0.717) is 6.42 Å². The molecule has 6 nitrogen and oxygen atoms in total. The molecule has 0 unspecified atom stereocenters. The van der Waals surface area contributed by atoms with Crippen molar-refractivity contribution in [1.82, 2.24) is 4.90 Å².